The molecule has 0 aliphatic heterocycles. The van der Waals surface area contributed by atoms with Crippen LogP contribution >= 0.6 is 31.9 Å². The minimum atomic E-state index is -0.449. The third-order valence-electron chi connectivity index (χ3n) is 1.26. The van der Waals surface area contributed by atoms with E-state index in [1.807, 2.05) is 0 Å². The van der Waals surface area contributed by atoms with E-state index in [9.17, 15) is 9.50 Å². The quantitative estimate of drug-likeness (QED) is 0.839. The molecule has 0 fully saturated rings. The molecular weight excluding hydrogens is 291 g/mol. The number of halogens is 3. The van der Waals surface area contributed by atoms with E-state index in [0.717, 1.165) is 6.07 Å². The van der Waals surface area contributed by atoms with Crippen LogP contribution in [0, 0.1) is 5.82 Å². The first kappa shape index (κ1) is 9.74. The Labute approximate surface area is 86.2 Å². The fourth-order valence-electron chi connectivity index (χ4n) is 0.756. The molecule has 0 aromatic heterocycles. The SMILES string of the molecule is Oc1cc(F)ccc1C=C(Br)Br. The minimum absolute atomic E-state index is 0.0774. The average molecular weight is 296 g/mol. The summed E-state index contributed by atoms with van der Waals surface area (Å²) in [6.45, 7) is 0. The van der Waals surface area contributed by atoms with Gasteiger partial charge in [0.1, 0.15) is 11.6 Å². The second-order valence-electron chi connectivity index (χ2n) is 2.14. The van der Waals surface area contributed by atoms with Crippen LogP contribution in [0.25, 0.3) is 6.08 Å². The van der Waals surface area contributed by atoms with Crippen LogP contribution in [0.3, 0.4) is 0 Å². The van der Waals surface area contributed by atoms with Crippen LogP contribution in [0.4, 0.5) is 4.39 Å². The molecule has 12 heavy (non-hydrogen) atoms. The van der Waals surface area contributed by atoms with Gasteiger partial charge >= 0.3 is 0 Å². The van der Waals surface area contributed by atoms with Gasteiger partial charge in [0.25, 0.3) is 0 Å². The maximum atomic E-state index is 12.5. The van der Waals surface area contributed by atoms with Crippen LogP contribution in [0.5, 0.6) is 5.75 Å². The first-order valence-corrected chi connectivity index (χ1v) is 4.69. The molecule has 0 aliphatic carbocycles. The topological polar surface area (TPSA) is 20.2 Å². The number of phenolic OH excluding ortho intramolecular Hbond substituents is 1. The highest BCUT2D eigenvalue weighted by atomic mass is 79.9. The largest absolute Gasteiger partial charge is 0.507 e. The van der Waals surface area contributed by atoms with Gasteiger partial charge < -0.3 is 5.11 Å². The summed E-state index contributed by atoms with van der Waals surface area (Å²) in [4.78, 5) is 0. The zero-order valence-electron chi connectivity index (χ0n) is 5.89. The Morgan fingerprint density at radius 1 is 1.42 bits per heavy atom. The molecule has 1 nitrogen and oxygen atoms in total. The van der Waals surface area contributed by atoms with Gasteiger partial charge in [0.2, 0.25) is 0 Å². The van der Waals surface area contributed by atoms with Gasteiger partial charge in [-0.15, -0.1) is 0 Å². The molecule has 0 heterocycles. The maximum Gasteiger partial charge on any atom is 0.126 e. The van der Waals surface area contributed by atoms with E-state index in [2.05, 4.69) is 31.9 Å². The van der Waals surface area contributed by atoms with Gasteiger partial charge in [-0.05, 0) is 50.1 Å². The Balaban J connectivity index is 3.10. The number of aromatic hydroxyl groups is 1. The molecule has 0 atom stereocenters. The molecule has 1 aromatic rings. The van der Waals surface area contributed by atoms with Crippen molar-refractivity contribution in [3.8, 4) is 5.75 Å². The molecule has 0 radical (unpaired) electrons. The van der Waals surface area contributed by atoms with Crippen LogP contribution in [-0.2, 0) is 0 Å². The van der Waals surface area contributed by atoms with Gasteiger partial charge in [-0.1, -0.05) is 0 Å². The van der Waals surface area contributed by atoms with E-state index in [0.29, 0.717) is 8.96 Å². The molecule has 1 N–H and O–H groups in total. The van der Waals surface area contributed by atoms with Crippen molar-refractivity contribution >= 4 is 37.9 Å². The van der Waals surface area contributed by atoms with Crippen LogP contribution < -0.4 is 0 Å². The van der Waals surface area contributed by atoms with E-state index >= 15 is 0 Å². The maximum absolute atomic E-state index is 12.5. The van der Waals surface area contributed by atoms with Crippen molar-refractivity contribution in [2.75, 3.05) is 0 Å². The summed E-state index contributed by atoms with van der Waals surface area (Å²) in [6.07, 6.45) is 1.63. The minimum Gasteiger partial charge on any atom is -0.507 e. The molecule has 0 unspecified atom stereocenters. The molecule has 0 aliphatic rings. The standard InChI is InChI=1S/C8H5Br2FO/c9-8(10)3-5-1-2-6(11)4-7(5)12/h1-4,12H. The molecule has 0 spiro atoms. The van der Waals surface area contributed by atoms with E-state index in [4.69, 9.17) is 0 Å². The number of hydrogen-bond acceptors (Lipinski definition) is 1. The lowest BCUT2D eigenvalue weighted by Gasteiger charge is -1.97. The molecule has 0 saturated heterocycles. The van der Waals surface area contributed by atoms with Gasteiger partial charge in [0, 0.05) is 11.6 Å². The number of benzene rings is 1. The predicted octanol–water partition coefficient (Wildman–Crippen LogP) is 3.62. The van der Waals surface area contributed by atoms with Crippen molar-refractivity contribution in [2.45, 2.75) is 0 Å². The van der Waals surface area contributed by atoms with E-state index in [1.54, 1.807) is 6.08 Å². The first-order valence-electron chi connectivity index (χ1n) is 3.11. The average Bonchev–Trinajstić information content (AvgIpc) is 1.94. The van der Waals surface area contributed by atoms with Crippen molar-refractivity contribution in [3.63, 3.8) is 0 Å². The summed E-state index contributed by atoms with van der Waals surface area (Å²) in [5, 5.41) is 9.21. The summed E-state index contributed by atoms with van der Waals surface area (Å²) in [5.41, 5.74) is 0.556. The van der Waals surface area contributed by atoms with Crippen LogP contribution in [0.15, 0.2) is 21.6 Å². The van der Waals surface area contributed by atoms with E-state index in [-0.39, 0.29) is 5.75 Å². The lowest BCUT2D eigenvalue weighted by Crippen LogP contribution is -1.77. The fourth-order valence-corrected chi connectivity index (χ4v) is 1.25. The summed E-state index contributed by atoms with van der Waals surface area (Å²) < 4.78 is 13.2. The number of phenols is 1. The summed E-state index contributed by atoms with van der Waals surface area (Å²) >= 11 is 6.27. The van der Waals surface area contributed by atoms with Gasteiger partial charge in [-0.3, -0.25) is 0 Å². The highest BCUT2D eigenvalue weighted by molar-refractivity contribution is 9.28. The van der Waals surface area contributed by atoms with Crippen molar-refractivity contribution in [1.82, 2.24) is 0 Å². The van der Waals surface area contributed by atoms with Crippen LogP contribution in [-0.4, -0.2) is 5.11 Å². The van der Waals surface area contributed by atoms with Crippen molar-refractivity contribution < 1.29 is 9.50 Å². The Bertz CT molecular complexity index is 319. The molecule has 1 rings (SSSR count). The van der Waals surface area contributed by atoms with E-state index in [1.165, 1.54) is 12.1 Å². The van der Waals surface area contributed by atoms with Gasteiger partial charge in [-0.25, -0.2) is 4.39 Å². The summed E-state index contributed by atoms with van der Waals surface area (Å²) in [5.74, 6) is -0.526. The zero-order chi connectivity index (χ0) is 9.14. The third-order valence-corrected chi connectivity index (χ3v) is 1.71. The molecule has 0 bridgehead atoms. The van der Waals surface area contributed by atoms with Crippen LogP contribution in [0.2, 0.25) is 0 Å². The third kappa shape index (κ3) is 2.60. The lowest BCUT2D eigenvalue weighted by molar-refractivity contribution is 0.468. The molecule has 64 valence electrons. The molecular formula is C8H5Br2FO. The second kappa shape index (κ2) is 4.05. The number of rotatable bonds is 1. The summed E-state index contributed by atoms with van der Waals surface area (Å²) in [7, 11) is 0. The van der Waals surface area contributed by atoms with E-state index < -0.39 is 5.82 Å². The highest BCUT2D eigenvalue weighted by Gasteiger charge is 1.99. The Kier molecular flexibility index (Phi) is 3.29. The highest BCUT2D eigenvalue weighted by Crippen LogP contribution is 2.24. The number of hydrogen-bond donors (Lipinski definition) is 1. The monoisotopic (exact) mass is 294 g/mol. The molecule has 0 amide bonds. The van der Waals surface area contributed by atoms with Crippen molar-refractivity contribution in [2.24, 2.45) is 0 Å². The predicted molar refractivity (Wildman–Crippen MR) is 53.9 cm³/mol. The normalized spacial score (nSPS) is 9.58. The smallest absolute Gasteiger partial charge is 0.126 e. The fraction of sp³-hybridized carbons (Fsp3) is 0. The van der Waals surface area contributed by atoms with Gasteiger partial charge in [0.05, 0.1) is 3.39 Å². The van der Waals surface area contributed by atoms with Crippen LogP contribution in [0.1, 0.15) is 5.56 Å². The second-order valence-corrected chi connectivity index (χ2v) is 4.91. The molecule has 0 saturated carbocycles. The summed E-state index contributed by atoms with van der Waals surface area (Å²) in [6, 6.07) is 3.84. The zero-order valence-corrected chi connectivity index (χ0v) is 9.06. The first-order chi connectivity index (χ1) is 5.59. The van der Waals surface area contributed by atoms with Gasteiger partial charge in [-0.2, -0.15) is 0 Å². The Morgan fingerprint density at radius 3 is 2.58 bits per heavy atom. The van der Waals surface area contributed by atoms with Crippen molar-refractivity contribution in [3.05, 3.63) is 33.0 Å². The van der Waals surface area contributed by atoms with Crippen molar-refractivity contribution in [1.29, 1.82) is 0 Å². The molecule has 4 heteroatoms. The molecule has 1 aromatic carbocycles. The lowest BCUT2D eigenvalue weighted by atomic mass is 10.2. The Morgan fingerprint density at radius 2 is 2.08 bits per heavy atom. The van der Waals surface area contributed by atoms with Gasteiger partial charge in [0.15, 0.2) is 0 Å². The Hall–Kier alpha value is -0.350.